The molecule has 0 saturated heterocycles. The summed E-state index contributed by atoms with van der Waals surface area (Å²) in [5, 5.41) is 3.05. The molecule has 6 nitrogen and oxygen atoms in total. The van der Waals surface area contributed by atoms with Gasteiger partial charge in [0.15, 0.2) is 17.5 Å². The Morgan fingerprint density at radius 1 is 1.04 bits per heavy atom. The lowest BCUT2D eigenvalue weighted by molar-refractivity contribution is -0.929. The number of quaternary nitrogens is 1. The normalized spacial score (nSPS) is 16.6. The molecule has 2 atom stereocenters. The number of carbonyl (C=O) groups excluding carboxylic acids is 1. The largest absolute Gasteiger partial charge is 0.497 e. The Morgan fingerprint density at radius 3 is 2.29 bits per heavy atom. The van der Waals surface area contributed by atoms with E-state index < -0.39 is 0 Å². The highest BCUT2D eigenvalue weighted by Crippen LogP contribution is 2.31. The molecule has 28 heavy (non-hydrogen) atoms. The van der Waals surface area contributed by atoms with Gasteiger partial charge in [-0.25, -0.2) is 0 Å². The van der Waals surface area contributed by atoms with Crippen molar-refractivity contribution in [2.24, 2.45) is 0 Å². The second kappa shape index (κ2) is 8.97. The van der Waals surface area contributed by atoms with Crippen molar-refractivity contribution >= 4 is 5.91 Å². The molecule has 1 amide bonds. The van der Waals surface area contributed by atoms with E-state index in [1.165, 1.54) is 16.0 Å². The Kier molecular flexibility index (Phi) is 6.41. The monoisotopic (exact) mass is 385 g/mol. The molecule has 1 aliphatic heterocycles. The lowest BCUT2D eigenvalue weighted by Crippen LogP contribution is -3.16. The number of carbonyl (C=O) groups is 1. The average molecular weight is 385 g/mol. The molecule has 1 aliphatic rings. The highest BCUT2D eigenvalue weighted by atomic mass is 16.5. The van der Waals surface area contributed by atoms with E-state index in [2.05, 4.69) is 11.4 Å². The zero-order valence-corrected chi connectivity index (χ0v) is 17.0. The number of hydrogen-bond acceptors (Lipinski definition) is 4. The number of methoxy groups -OCH3 is 3. The highest BCUT2D eigenvalue weighted by Gasteiger charge is 2.29. The fourth-order valence-electron chi connectivity index (χ4n) is 3.63. The molecule has 0 aromatic heterocycles. The fraction of sp³-hybridized carbons (Fsp3) is 0.409. The first kappa shape index (κ1) is 20.0. The van der Waals surface area contributed by atoms with Crippen molar-refractivity contribution < 1.29 is 23.9 Å². The SMILES string of the molecule is COc1ccc(CNC(=O)[C@@H](C)[NH+]2CCc3cc(OC)c(OC)cc3C2)cc1. The van der Waals surface area contributed by atoms with Gasteiger partial charge in [0.2, 0.25) is 0 Å². The Bertz CT molecular complexity index is 820. The molecule has 3 rings (SSSR count). The van der Waals surface area contributed by atoms with E-state index in [4.69, 9.17) is 14.2 Å². The number of ether oxygens (including phenoxy) is 3. The molecule has 0 radical (unpaired) electrons. The van der Waals surface area contributed by atoms with Crippen molar-refractivity contribution in [3.05, 3.63) is 53.1 Å². The number of nitrogens with one attached hydrogen (secondary N) is 2. The number of rotatable bonds is 7. The summed E-state index contributed by atoms with van der Waals surface area (Å²) >= 11 is 0. The molecule has 2 aromatic carbocycles. The van der Waals surface area contributed by atoms with Gasteiger partial charge in [-0.2, -0.15) is 0 Å². The lowest BCUT2D eigenvalue weighted by Gasteiger charge is -2.30. The highest BCUT2D eigenvalue weighted by molar-refractivity contribution is 5.79. The summed E-state index contributed by atoms with van der Waals surface area (Å²) in [7, 11) is 4.94. The van der Waals surface area contributed by atoms with Crippen molar-refractivity contribution in [3.8, 4) is 17.2 Å². The zero-order valence-electron chi connectivity index (χ0n) is 17.0. The Balaban J connectivity index is 1.61. The predicted molar refractivity (Wildman–Crippen MR) is 107 cm³/mol. The second-order valence-corrected chi connectivity index (χ2v) is 7.10. The Morgan fingerprint density at radius 2 is 1.68 bits per heavy atom. The van der Waals surface area contributed by atoms with Crippen LogP contribution in [-0.2, 0) is 24.3 Å². The molecule has 1 unspecified atom stereocenters. The minimum atomic E-state index is -0.125. The Labute approximate surface area is 166 Å². The number of fused-ring (bicyclic) bond motifs is 1. The van der Waals surface area contributed by atoms with E-state index in [-0.39, 0.29) is 11.9 Å². The number of hydrogen-bond donors (Lipinski definition) is 2. The van der Waals surface area contributed by atoms with Crippen LogP contribution in [0.1, 0.15) is 23.6 Å². The van der Waals surface area contributed by atoms with Gasteiger partial charge >= 0.3 is 0 Å². The van der Waals surface area contributed by atoms with Crippen LogP contribution >= 0.6 is 0 Å². The van der Waals surface area contributed by atoms with Crippen molar-refractivity contribution in [2.45, 2.75) is 32.5 Å². The topological polar surface area (TPSA) is 61.2 Å². The third kappa shape index (κ3) is 4.39. The average Bonchev–Trinajstić information content (AvgIpc) is 2.75. The maximum Gasteiger partial charge on any atom is 0.278 e. The molecule has 0 aliphatic carbocycles. The van der Waals surface area contributed by atoms with Crippen LogP contribution in [-0.4, -0.2) is 39.8 Å². The molecule has 150 valence electrons. The maximum atomic E-state index is 12.7. The van der Waals surface area contributed by atoms with Crippen molar-refractivity contribution in [1.82, 2.24) is 5.32 Å². The first-order valence-electron chi connectivity index (χ1n) is 9.54. The third-order valence-electron chi connectivity index (χ3n) is 5.47. The smallest absolute Gasteiger partial charge is 0.278 e. The predicted octanol–water partition coefficient (Wildman–Crippen LogP) is 1.36. The molecular formula is C22H29N2O4+. The molecule has 2 N–H and O–H groups in total. The van der Waals surface area contributed by atoms with Crippen LogP contribution < -0.4 is 24.4 Å². The zero-order chi connectivity index (χ0) is 20.1. The van der Waals surface area contributed by atoms with E-state index in [0.717, 1.165) is 42.3 Å². The molecule has 1 heterocycles. The van der Waals surface area contributed by atoms with Crippen LogP contribution in [0.3, 0.4) is 0 Å². The quantitative estimate of drug-likeness (QED) is 0.756. The van der Waals surface area contributed by atoms with E-state index in [1.807, 2.05) is 37.3 Å². The van der Waals surface area contributed by atoms with Crippen LogP contribution in [0.25, 0.3) is 0 Å². The van der Waals surface area contributed by atoms with Gasteiger partial charge in [-0.15, -0.1) is 0 Å². The van der Waals surface area contributed by atoms with Crippen LogP contribution in [0.5, 0.6) is 17.2 Å². The number of amides is 1. The number of benzene rings is 2. The molecule has 0 bridgehead atoms. The minimum Gasteiger partial charge on any atom is -0.497 e. The van der Waals surface area contributed by atoms with E-state index in [1.54, 1.807) is 21.3 Å². The fourth-order valence-corrected chi connectivity index (χ4v) is 3.63. The third-order valence-corrected chi connectivity index (χ3v) is 5.47. The molecule has 0 spiro atoms. The first-order valence-corrected chi connectivity index (χ1v) is 9.54. The summed E-state index contributed by atoms with van der Waals surface area (Å²) in [5.74, 6) is 2.37. The van der Waals surface area contributed by atoms with Crippen LogP contribution in [0, 0.1) is 0 Å². The van der Waals surface area contributed by atoms with E-state index in [9.17, 15) is 4.79 Å². The summed E-state index contributed by atoms with van der Waals surface area (Å²) < 4.78 is 16.0. The van der Waals surface area contributed by atoms with Crippen molar-refractivity contribution in [2.75, 3.05) is 27.9 Å². The van der Waals surface area contributed by atoms with Gasteiger partial charge in [-0.05, 0) is 42.3 Å². The minimum absolute atomic E-state index is 0.0646. The van der Waals surface area contributed by atoms with Gasteiger partial charge in [0.25, 0.3) is 5.91 Å². The molecule has 0 saturated carbocycles. The first-order chi connectivity index (χ1) is 13.5. The van der Waals surface area contributed by atoms with Crippen molar-refractivity contribution in [1.29, 1.82) is 0 Å². The van der Waals surface area contributed by atoms with Crippen molar-refractivity contribution in [3.63, 3.8) is 0 Å². The van der Waals surface area contributed by atoms with Crippen LogP contribution in [0.4, 0.5) is 0 Å². The molecule has 2 aromatic rings. The van der Waals surface area contributed by atoms with Gasteiger partial charge in [0, 0.05) is 18.5 Å². The summed E-state index contributed by atoms with van der Waals surface area (Å²) in [4.78, 5) is 13.9. The molecular weight excluding hydrogens is 356 g/mol. The van der Waals surface area contributed by atoms with Crippen LogP contribution in [0.15, 0.2) is 36.4 Å². The van der Waals surface area contributed by atoms with Gasteiger partial charge in [0.05, 0.1) is 27.9 Å². The van der Waals surface area contributed by atoms with Crippen LogP contribution in [0.2, 0.25) is 0 Å². The standard InChI is InChI=1S/C22H28N2O4/c1-15(22(25)23-13-16-5-7-19(26-2)8-6-16)24-10-9-17-11-20(27-3)21(28-4)12-18(17)14-24/h5-8,11-12,15H,9-10,13-14H2,1-4H3,(H,23,25)/p+1/t15-/m1/s1. The Hall–Kier alpha value is -2.73. The van der Waals surface area contributed by atoms with Gasteiger partial charge < -0.3 is 24.4 Å². The van der Waals surface area contributed by atoms with E-state index in [0.29, 0.717) is 6.54 Å². The molecule has 0 fully saturated rings. The summed E-state index contributed by atoms with van der Waals surface area (Å²) in [6.45, 7) is 4.22. The van der Waals surface area contributed by atoms with E-state index >= 15 is 0 Å². The summed E-state index contributed by atoms with van der Waals surface area (Å²) in [5.41, 5.74) is 3.54. The maximum absolute atomic E-state index is 12.7. The summed E-state index contributed by atoms with van der Waals surface area (Å²) in [6, 6.07) is 11.7. The summed E-state index contributed by atoms with van der Waals surface area (Å²) in [6.07, 6.45) is 0.918. The second-order valence-electron chi connectivity index (χ2n) is 7.10. The van der Waals surface area contributed by atoms with Gasteiger partial charge in [-0.1, -0.05) is 12.1 Å². The lowest BCUT2D eigenvalue weighted by atomic mass is 9.97. The van der Waals surface area contributed by atoms with Gasteiger partial charge in [-0.3, -0.25) is 4.79 Å². The molecule has 6 heteroatoms. The van der Waals surface area contributed by atoms with Gasteiger partial charge in [0.1, 0.15) is 12.3 Å².